The van der Waals surface area contributed by atoms with Crippen LogP contribution in [0.5, 0.6) is 0 Å². The van der Waals surface area contributed by atoms with Gasteiger partial charge in [-0.05, 0) is 12.8 Å². The van der Waals surface area contributed by atoms with E-state index < -0.39 is 0 Å². The average molecular weight is 132 g/mol. The normalized spacial score (nSPS) is 37.6. The van der Waals surface area contributed by atoms with Gasteiger partial charge < -0.3 is 0 Å². The second-order valence-corrected chi connectivity index (χ2v) is 2.73. The fourth-order valence-electron chi connectivity index (χ4n) is 1.05. The summed E-state index contributed by atoms with van der Waals surface area (Å²) in [5.41, 5.74) is 0. The number of rotatable bonds is 1. The van der Waals surface area contributed by atoms with E-state index in [0.29, 0.717) is 0 Å². The van der Waals surface area contributed by atoms with Gasteiger partial charge in [-0.1, -0.05) is 6.42 Å². The van der Waals surface area contributed by atoms with E-state index in [0.717, 1.165) is 19.3 Å². The molecule has 1 nitrogen and oxygen atoms in total. The first-order chi connectivity index (χ1) is 3.84. The number of hydrogen-bond acceptors (Lipinski definition) is 1. The van der Waals surface area contributed by atoms with E-state index in [1.54, 1.807) is 0 Å². The monoisotopic (exact) mass is 131 g/mol. The second-order valence-electron chi connectivity index (χ2n) is 2.17. The number of carbonyl (C=O) groups excluding carboxylic acids is 1. The first-order valence-corrected chi connectivity index (χ1v) is 3.30. The maximum absolute atomic E-state index is 10.0. The summed E-state index contributed by atoms with van der Waals surface area (Å²) in [4.78, 5) is 10.0. The Balaban J connectivity index is 2.41. The van der Waals surface area contributed by atoms with Crippen molar-refractivity contribution in [3.05, 3.63) is 0 Å². The number of halogens is 1. The minimum absolute atomic E-state index is 0.0247. The molecule has 0 spiro atoms. The van der Waals surface area contributed by atoms with Gasteiger partial charge >= 0.3 is 0 Å². The fourth-order valence-corrected chi connectivity index (χ4v) is 1.38. The summed E-state index contributed by atoms with van der Waals surface area (Å²) in [6.07, 6.45) is 4.95. The van der Waals surface area contributed by atoms with Crippen LogP contribution < -0.4 is 0 Å². The molecular weight excluding hydrogens is 124 g/mol. The van der Waals surface area contributed by atoms with Crippen molar-refractivity contribution >= 4 is 17.9 Å². The summed E-state index contributed by atoms with van der Waals surface area (Å²) in [6, 6.07) is 0. The van der Waals surface area contributed by atoms with Crippen LogP contribution >= 0.6 is 11.6 Å². The molecule has 8 heavy (non-hydrogen) atoms. The van der Waals surface area contributed by atoms with Crippen molar-refractivity contribution in [2.24, 2.45) is 5.92 Å². The molecule has 0 bridgehead atoms. The predicted octanol–water partition coefficient (Wildman–Crippen LogP) is 1.50. The third kappa shape index (κ3) is 1.03. The van der Waals surface area contributed by atoms with Crippen LogP contribution in [-0.2, 0) is 4.79 Å². The van der Waals surface area contributed by atoms with Gasteiger partial charge in [-0.15, -0.1) is 11.6 Å². The smallest absolute Gasteiger partial charge is 0.203 e. The van der Waals surface area contributed by atoms with E-state index in [4.69, 9.17) is 11.6 Å². The van der Waals surface area contributed by atoms with Crippen molar-refractivity contribution < 1.29 is 4.79 Å². The van der Waals surface area contributed by atoms with Crippen molar-refractivity contribution in [1.29, 1.82) is 0 Å². The lowest BCUT2D eigenvalue weighted by Gasteiger charge is -2.00. The topological polar surface area (TPSA) is 17.1 Å². The first-order valence-electron chi connectivity index (χ1n) is 2.86. The van der Waals surface area contributed by atoms with Gasteiger partial charge in [0.25, 0.3) is 0 Å². The highest BCUT2D eigenvalue weighted by Gasteiger charge is 2.24. The number of alkyl halides is 1. The Morgan fingerprint density at radius 2 is 2.25 bits per heavy atom. The van der Waals surface area contributed by atoms with E-state index >= 15 is 0 Å². The van der Waals surface area contributed by atoms with Crippen molar-refractivity contribution in [3.8, 4) is 0 Å². The molecule has 1 fully saturated rings. The average Bonchev–Trinajstić information content (AvgIpc) is 2.14. The summed E-state index contributed by atoms with van der Waals surface area (Å²) in [7, 11) is 0. The Hall–Kier alpha value is -0.0400. The van der Waals surface area contributed by atoms with Crippen molar-refractivity contribution in [2.45, 2.75) is 24.6 Å². The van der Waals surface area contributed by atoms with Crippen LogP contribution in [0.3, 0.4) is 0 Å². The highest BCUT2D eigenvalue weighted by Crippen LogP contribution is 2.27. The lowest BCUT2D eigenvalue weighted by molar-refractivity contribution is 0.524. The van der Waals surface area contributed by atoms with E-state index in [1.165, 1.54) is 0 Å². The van der Waals surface area contributed by atoms with E-state index in [-0.39, 0.29) is 11.3 Å². The molecule has 45 valence electrons. The molecule has 0 aromatic rings. The standard InChI is InChI=1S/C6H8ClO/c7-6-3-1-2-5(6)4-8/h5-6H,1-3H2. The summed E-state index contributed by atoms with van der Waals surface area (Å²) in [5.74, 6) is 0.0247. The SMILES string of the molecule is O=[C]C1CCCC1Cl. The van der Waals surface area contributed by atoms with Crippen LogP contribution in [0.1, 0.15) is 19.3 Å². The van der Waals surface area contributed by atoms with Gasteiger partial charge in [0.1, 0.15) is 0 Å². The summed E-state index contributed by atoms with van der Waals surface area (Å²) in [6.45, 7) is 0. The number of hydrogen-bond donors (Lipinski definition) is 0. The highest BCUT2D eigenvalue weighted by molar-refractivity contribution is 6.21. The maximum atomic E-state index is 10.0. The molecule has 2 heteroatoms. The highest BCUT2D eigenvalue weighted by atomic mass is 35.5. The molecule has 0 amide bonds. The lowest BCUT2D eigenvalue weighted by Crippen LogP contribution is -2.06. The summed E-state index contributed by atoms with van der Waals surface area (Å²) in [5, 5.41) is 0.0764. The van der Waals surface area contributed by atoms with Crippen LogP contribution in [0.25, 0.3) is 0 Å². The summed E-state index contributed by atoms with van der Waals surface area (Å²) < 4.78 is 0. The van der Waals surface area contributed by atoms with Gasteiger partial charge in [0, 0.05) is 11.3 Å². The predicted molar refractivity (Wildman–Crippen MR) is 32.7 cm³/mol. The lowest BCUT2D eigenvalue weighted by atomic mass is 10.1. The quantitative estimate of drug-likeness (QED) is 0.493. The molecule has 1 saturated carbocycles. The molecular formula is C6H8ClO. The Kier molecular flexibility index (Phi) is 1.90. The van der Waals surface area contributed by atoms with E-state index in [9.17, 15) is 4.79 Å². The third-order valence-electron chi connectivity index (χ3n) is 1.58. The van der Waals surface area contributed by atoms with Crippen molar-refractivity contribution in [1.82, 2.24) is 0 Å². The fraction of sp³-hybridized carbons (Fsp3) is 0.833. The first kappa shape index (κ1) is 6.09. The zero-order valence-corrected chi connectivity index (χ0v) is 5.32. The van der Waals surface area contributed by atoms with Crippen molar-refractivity contribution in [3.63, 3.8) is 0 Å². The van der Waals surface area contributed by atoms with E-state index in [2.05, 4.69) is 0 Å². The molecule has 1 radical (unpaired) electrons. The van der Waals surface area contributed by atoms with Gasteiger partial charge in [-0.2, -0.15) is 0 Å². The Bertz CT molecular complexity index is 92.5. The van der Waals surface area contributed by atoms with Crippen LogP contribution in [0.4, 0.5) is 0 Å². The molecule has 1 rings (SSSR count). The Labute approximate surface area is 54.0 Å². The maximum Gasteiger partial charge on any atom is 0.203 e. The Morgan fingerprint density at radius 1 is 1.50 bits per heavy atom. The van der Waals surface area contributed by atoms with Crippen LogP contribution in [0.2, 0.25) is 0 Å². The van der Waals surface area contributed by atoms with Crippen LogP contribution in [-0.4, -0.2) is 11.7 Å². The van der Waals surface area contributed by atoms with Crippen LogP contribution in [0.15, 0.2) is 0 Å². The molecule has 0 heterocycles. The van der Waals surface area contributed by atoms with Gasteiger partial charge in [-0.3, -0.25) is 4.79 Å². The molecule has 0 aliphatic heterocycles. The third-order valence-corrected chi connectivity index (χ3v) is 2.11. The molecule has 0 aromatic carbocycles. The molecule has 2 unspecified atom stereocenters. The van der Waals surface area contributed by atoms with Crippen molar-refractivity contribution in [2.75, 3.05) is 0 Å². The zero-order valence-electron chi connectivity index (χ0n) is 4.56. The minimum atomic E-state index is 0.0247. The van der Waals surface area contributed by atoms with Gasteiger partial charge in [0.2, 0.25) is 6.29 Å². The zero-order chi connectivity index (χ0) is 5.98. The molecule has 0 saturated heterocycles. The summed E-state index contributed by atoms with van der Waals surface area (Å²) >= 11 is 5.72. The van der Waals surface area contributed by atoms with E-state index in [1.807, 2.05) is 6.29 Å². The largest absolute Gasteiger partial charge is 0.291 e. The molecule has 1 aliphatic rings. The second kappa shape index (κ2) is 2.49. The van der Waals surface area contributed by atoms with Gasteiger partial charge in [-0.25, -0.2) is 0 Å². The van der Waals surface area contributed by atoms with Crippen LogP contribution in [0, 0.1) is 5.92 Å². The molecule has 1 aliphatic carbocycles. The van der Waals surface area contributed by atoms with Gasteiger partial charge in [0.05, 0.1) is 0 Å². The molecule has 0 aromatic heterocycles. The minimum Gasteiger partial charge on any atom is -0.291 e. The molecule has 2 atom stereocenters. The van der Waals surface area contributed by atoms with Gasteiger partial charge in [0.15, 0.2) is 0 Å². The Morgan fingerprint density at radius 3 is 2.50 bits per heavy atom. The molecule has 0 N–H and O–H groups in total.